The topological polar surface area (TPSA) is 111 Å². The van der Waals surface area contributed by atoms with Gasteiger partial charge in [0.15, 0.2) is 6.10 Å². The number of phosphoric acid groups is 1. The normalized spacial score (nSPS) is 13.7. The van der Waals surface area contributed by atoms with E-state index in [0.29, 0.717) is 17.4 Å². The number of esters is 2. The second-order valence-corrected chi connectivity index (χ2v) is 20.0. The van der Waals surface area contributed by atoms with E-state index in [0.717, 1.165) is 70.6 Å². The second kappa shape index (κ2) is 44.4. The van der Waals surface area contributed by atoms with E-state index in [4.69, 9.17) is 18.5 Å². The van der Waals surface area contributed by atoms with Crippen molar-refractivity contribution in [1.29, 1.82) is 0 Å². The van der Waals surface area contributed by atoms with Gasteiger partial charge in [0.25, 0.3) is 7.82 Å². The first-order valence-corrected chi connectivity index (χ1v) is 27.2. The smallest absolute Gasteiger partial charge is 0.306 e. The molecule has 0 rings (SSSR count). The number of hydrogen-bond donors (Lipinski definition) is 0. The summed E-state index contributed by atoms with van der Waals surface area (Å²) in [6.07, 6.45) is 51.7. The van der Waals surface area contributed by atoms with Crippen molar-refractivity contribution in [1.82, 2.24) is 0 Å². The van der Waals surface area contributed by atoms with Crippen LogP contribution in [0.4, 0.5) is 0 Å². The number of allylic oxidation sites excluding steroid dienone is 6. The molecule has 0 aliphatic carbocycles. The lowest BCUT2D eigenvalue weighted by Crippen LogP contribution is -2.37. The highest BCUT2D eigenvalue weighted by Gasteiger charge is 2.21. The Morgan fingerprint density at radius 2 is 0.871 bits per heavy atom. The van der Waals surface area contributed by atoms with Crippen molar-refractivity contribution < 1.29 is 42.1 Å². The lowest BCUT2D eigenvalue weighted by molar-refractivity contribution is -0.870. The Hall–Kier alpha value is -1.77. The van der Waals surface area contributed by atoms with Gasteiger partial charge >= 0.3 is 11.9 Å². The van der Waals surface area contributed by atoms with E-state index in [9.17, 15) is 19.0 Å². The predicted molar refractivity (Wildman–Crippen MR) is 259 cm³/mol. The molecule has 2 unspecified atom stereocenters. The van der Waals surface area contributed by atoms with Crippen molar-refractivity contribution in [2.24, 2.45) is 0 Å². The largest absolute Gasteiger partial charge is 0.756 e. The summed E-state index contributed by atoms with van der Waals surface area (Å²) in [4.78, 5) is 37.7. The monoisotopic (exact) mass is 896 g/mol. The van der Waals surface area contributed by atoms with Gasteiger partial charge in [0.1, 0.15) is 19.8 Å². The minimum atomic E-state index is -4.63. The van der Waals surface area contributed by atoms with Crippen LogP contribution in [-0.4, -0.2) is 70.0 Å². The molecule has 0 saturated heterocycles. The van der Waals surface area contributed by atoms with Gasteiger partial charge < -0.3 is 27.9 Å². The zero-order valence-electron chi connectivity index (χ0n) is 41.1. The number of hydrogen-bond acceptors (Lipinski definition) is 8. The molecule has 0 bridgehead atoms. The van der Waals surface area contributed by atoms with Gasteiger partial charge in [0, 0.05) is 12.8 Å². The van der Waals surface area contributed by atoms with E-state index in [1.807, 2.05) is 21.1 Å². The van der Waals surface area contributed by atoms with Crippen molar-refractivity contribution >= 4 is 19.8 Å². The van der Waals surface area contributed by atoms with Crippen molar-refractivity contribution in [3.63, 3.8) is 0 Å². The molecule has 0 aromatic rings. The predicted octanol–water partition coefficient (Wildman–Crippen LogP) is 14.6. The lowest BCUT2D eigenvalue weighted by atomic mass is 10.0. The molecule has 62 heavy (non-hydrogen) atoms. The summed E-state index contributed by atoms with van der Waals surface area (Å²) in [5.41, 5.74) is 0. The van der Waals surface area contributed by atoms with Crippen molar-refractivity contribution in [2.75, 3.05) is 47.5 Å². The van der Waals surface area contributed by atoms with Crippen molar-refractivity contribution in [2.45, 2.75) is 238 Å². The summed E-state index contributed by atoms with van der Waals surface area (Å²) in [7, 11) is 1.16. The number of rotatable bonds is 47. The molecule has 0 heterocycles. The molecule has 9 nitrogen and oxygen atoms in total. The Balaban J connectivity index is 4.28. The number of quaternary nitrogens is 1. The molecule has 0 aromatic heterocycles. The van der Waals surface area contributed by atoms with E-state index in [1.54, 1.807) is 0 Å². The molecule has 10 heteroatoms. The molecular weight excluding hydrogens is 798 g/mol. The molecule has 0 aliphatic rings. The minimum Gasteiger partial charge on any atom is -0.756 e. The van der Waals surface area contributed by atoms with Crippen LogP contribution in [0.15, 0.2) is 36.5 Å². The van der Waals surface area contributed by atoms with Crippen LogP contribution in [0.5, 0.6) is 0 Å². The Morgan fingerprint density at radius 3 is 1.29 bits per heavy atom. The summed E-state index contributed by atoms with van der Waals surface area (Å²) in [5.74, 6) is -0.839. The molecule has 0 aromatic carbocycles. The molecule has 0 spiro atoms. The Labute approximate surface area is 382 Å². The van der Waals surface area contributed by atoms with Crippen LogP contribution in [0.3, 0.4) is 0 Å². The van der Waals surface area contributed by atoms with Gasteiger partial charge in [-0.1, -0.05) is 204 Å². The number of carbonyl (C=O) groups excluding carboxylic acids is 2. The molecule has 2 atom stereocenters. The Morgan fingerprint density at radius 1 is 0.500 bits per heavy atom. The van der Waals surface area contributed by atoms with E-state index in [1.165, 1.54) is 128 Å². The van der Waals surface area contributed by atoms with Gasteiger partial charge in [-0.15, -0.1) is 0 Å². The van der Waals surface area contributed by atoms with Gasteiger partial charge in [-0.05, 0) is 51.4 Å². The van der Waals surface area contributed by atoms with Crippen LogP contribution in [0.25, 0.3) is 0 Å². The fourth-order valence-electron chi connectivity index (χ4n) is 7.13. The van der Waals surface area contributed by atoms with E-state index in [-0.39, 0.29) is 32.0 Å². The third-order valence-electron chi connectivity index (χ3n) is 11.2. The number of nitrogens with zero attached hydrogens (tertiary/aromatic N) is 1. The first-order chi connectivity index (χ1) is 30.0. The van der Waals surface area contributed by atoms with Crippen LogP contribution < -0.4 is 4.89 Å². The summed E-state index contributed by atoms with van der Waals surface area (Å²) in [6.45, 7) is 4.23. The first kappa shape index (κ1) is 60.2. The maximum Gasteiger partial charge on any atom is 0.306 e. The highest BCUT2D eigenvalue weighted by atomic mass is 31.2. The highest BCUT2D eigenvalue weighted by molar-refractivity contribution is 7.45. The molecule has 0 radical (unpaired) electrons. The van der Waals surface area contributed by atoms with Gasteiger partial charge in [-0.2, -0.15) is 0 Å². The summed E-state index contributed by atoms with van der Waals surface area (Å²) < 4.78 is 34.0. The van der Waals surface area contributed by atoms with Crippen LogP contribution in [-0.2, 0) is 32.7 Å². The van der Waals surface area contributed by atoms with Gasteiger partial charge in [0.2, 0.25) is 0 Å². The van der Waals surface area contributed by atoms with Gasteiger partial charge in [0.05, 0.1) is 27.7 Å². The fourth-order valence-corrected chi connectivity index (χ4v) is 7.86. The first-order valence-electron chi connectivity index (χ1n) is 25.7. The zero-order valence-corrected chi connectivity index (χ0v) is 42.0. The van der Waals surface area contributed by atoms with E-state index >= 15 is 0 Å². The SMILES string of the molecule is CCCCCCC/C=C\C/C=C\C/C=C\CCCCCCCCC(=O)OC(COC(=O)CCCCCCCCCCCCCCCCCCC)COP(=O)([O-])OCC[N+](C)(C)C. The summed E-state index contributed by atoms with van der Waals surface area (Å²) in [6, 6.07) is 0. The molecule has 364 valence electrons. The maximum absolute atomic E-state index is 12.7. The summed E-state index contributed by atoms with van der Waals surface area (Å²) in [5, 5.41) is 0. The molecule has 0 saturated carbocycles. The summed E-state index contributed by atoms with van der Waals surface area (Å²) >= 11 is 0. The number of carbonyl (C=O) groups is 2. The van der Waals surface area contributed by atoms with E-state index in [2.05, 4.69) is 50.3 Å². The average molecular weight is 896 g/mol. The second-order valence-electron chi connectivity index (χ2n) is 18.5. The number of unbranched alkanes of at least 4 members (excludes halogenated alkanes) is 27. The lowest BCUT2D eigenvalue weighted by Gasteiger charge is -2.28. The van der Waals surface area contributed by atoms with E-state index < -0.39 is 26.5 Å². The Kier molecular flexibility index (Phi) is 43.2. The quantitative estimate of drug-likeness (QED) is 0.0195. The standard InChI is InChI=1S/C52H98NO8P/c1-6-8-10-12-14-16-18-20-22-24-25-26-27-29-31-33-35-37-39-41-43-45-52(55)61-50(49-60-62(56,57)59-47-46-53(3,4)5)48-58-51(54)44-42-40-38-36-34-32-30-28-23-21-19-17-15-13-11-9-7-2/h18,20,24-25,27,29,50H,6-17,19,21-23,26,28,30-49H2,1-5H3/b20-18-,25-24-,29-27-. The molecule has 0 fully saturated rings. The van der Waals surface area contributed by atoms with Crippen LogP contribution >= 0.6 is 7.82 Å². The van der Waals surface area contributed by atoms with Crippen molar-refractivity contribution in [3.05, 3.63) is 36.5 Å². The highest BCUT2D eigenvalue weighted by Crippen LogP contribution is 2.38. The van der Waals surface area contributed by atoms with Crippen LogP contribution in [0.1, 0.15) is 232 Å². The van der Waals surface area contributed by atoms with Crippen LogP contribution in [0, 0.1) is 0 Å². The fraction of sp³-hybridized carbons (Fsp3) is 0.846. The van der Waals surface area contributed by atoms with Gasteiger partial charge in [-0.25, -0.2) is 0 Å². The molecular formula is C52H98NO8P. The number of ether oxygens (including phenoxy) is 2. The Bertz CT molecular complexity index is 1150. The molecule has 0 N–H and O–H groups in total. The third kappa shape index (κ3) is 47.7. The molecule has 0 aliphatic heterocycles. The average Bonchev–Trinajstić information content (AvgIpc) is 3.23. The zero-order chi connectivity index (χ0) is 45.7. The maximum atomic E-state index is 12.7. The number of likely N-dealkylation sites (N-methyl/N-ethyl adjacent to an activating group) is 1. The van der Waals surface area contributed by atoms with Gasteiger partial charge in [-0.3, -0.25) is 14.2 Å². The van der Waals surface area contributed by atoms with Crippen molar-refractivity contribution in [3.8, 4) is 0 Å². The molecule has 0 amide bonds. The minimum absolute atomic E-state index is 0.0327. The van der Waals surface area contributed by atoms with Crippen LogP contribution in [0.2, 0.25) is 0 Å². The number of phosphoric ester groups is 1. The third-order valence-corrected chi connectivity index (χ3v) is 12.1.